The fraction of sp³-hybridized carbons (Fsp3) is 1.00. The lowest BCUT2D eigenvalue weighted by molar-refractivity contribution is -0.0389. The van der Waals surface area contributed by atoms with Crippen LogP contribution in [0.3, 0.4) is 0 Å². The number of phosphoric acid groups is 1. The fourth-order valence-corrected chi connectivity index (χ4v) is 3.73. The Morgan fingerprint density at radius 3 is 1.58 bits per heavy atom. The summed E-state index contributed by atoms with van der Waals surface area (Å²) in [5, 5.41) is 3.41. The van der Waals surface area contributed by atoms with Gasteiger partial charge in [0, 0.05) is 13.1 Å². The summed E-state index contributed by atoms with van der Waals surface area (Å²) >= 11 is 0. The Labute approximate surface area is 190 Å². The van der Waals surface area contributed by atoms with Crippen LogP contribution in [-0.4, -0.2) is 35.6 Å². The van der Waals surface area contributed by atoms with Crippen molar-refractivity contribution in [3.63, 3.8) is 0 Å². The first kappa shape index (κ1) is 33.1. The SMILES string of the molecule is CCCCCCCCCCCCCCCCCCC1CNCCO1.N.O=P(O)(O)OF. The van der Waals surface area contributed by atoms with Crippen LogP contribution in [0.2, 0.25) is 0 Å². The molecular formula is C22H50FN2O5P. The van der Waals surface area contributed by atoms with Crippen LogP contribution in [0.4, 0.5) is 4.53 Å². The van der Waals surface area contributed by atoms with Gasteiger partial charge in [-0.05, 0) is 10.9 Å². The number of rotatable bonds is 18. The van der Waals surface area contributed by atoms with Crippen LogP contribution in [0.15, 0.2) is 0 Å². The molecule has 190 valence electrons. The molecule has 1 aliphatic rings. The first-order valence-corrected chi connectivity index (χ1v) is 13.7. The van der Waals surface area contributed by atoms with Gasteiger partial charge in [-0.25, -0.2) is 4.57 Å². The first-order valence-electron chi connectivity index (χ1n) is 12.2. The van der Waals surface area contributed by atoms with E-state index in [4.69, 9.17) is 19.1 Å². The van der Waals surface area contributed by atoms with Crippen molar-refractivity contribution in [3.8, 4) is 0 Å². The molecule has 0 radical (unpaired) electrons. The van der Waals surface area contributed by atoms with Gasteiger partial charge in [0.2, 0.25) is 0 Å². The fourth-order valence-electron chi connectivity index (χ4n) is 3.73. The molecule has 1 atom stereocenters. The quantitative estimate of drug-likeness (QED) is 0.128. The molecule has 0 aromatic heterocycles. The topological polar surface area (TPSA) is 123 Å². The molecule has 0 amide bonds. The molecule has 0 aromatic rings. The van der Waals surface area contributed by atoms with Crippen LogP contribution in [0.5, 0.6) is 0 Å². The number of unbranched alkanes of at least 4 members (excludes halogenated alkanes) is 15. The molecule has 1 fully saturated rings. The second-order valence-electron chi connectivity index (χ2n) is 8.35. The Bertz CT molecular complexity index is 396. The standard InChI is InChI=1S/C22H45NO.FH2O4P.H3N/c1-2-3-4-5-6-7-8-9-10-11-12-13-14-15-16-17-18-22-21-23-19-20-24-22;1-5-6(2,3)4;/h22-23H,2-21H2,1H3;(H2,2,3,4);1H3. The molecular weight excluding hydrogens is 422 g/mol. The number of ether oxygens (including phenoxy) is 1. The van der Waals surface area contributed by atoms with E-state index < -0.39 is 7.82 Å². The Hall–Kier alpha value is -0.0800. The molecule has 1 saturated heterocycles. The molecule has 0 bridgehead atoms. The number of halogens is 1. The van der Waals surface area contributed by atoms with E-state index >= 15 is 0 Å². The van der Waals surface area contributed by atoms with E-state index in [0.29, 0.717) is 6.10 Å². The van der Waals surface area contributed by atoms with Gasteiger partial charge in [0.1, 0.15) is 0 Å². The molecule has 1 heterocycles. The molecule has 0 aliphatic carbocycles. The van der Waals surface area contributed by atoms with Gasteiger partial charge in [0.25, 0.3) is 0 Å². The zero-order chi connectivity index (χ0) is 22.3. The predicted molar refractivity (Wildman–Crippen MR) is 126 cm³/mol. The molecule has 0 spiro atoms. The van der Waals surface area contributed by atoms with Gasteiger partial charge in [-0.3, -0.25) is 0 Å². The van der Waals surface area contributed by atoms with Gasteiger partial charge in [-0.1, -0.05) is 114 Å². The second kappa shape index (κ2) is 24.6. The van der Waals surface area contributed by atoms with Crippen LogP contribution in [-0.2, 0) is 14.0 Å². The molecule has 0 saturated carbocycles. The maximum atomic E-state index is 10.2. The first-order chi connectivity index (χ1) is 14.5. The smallest absolute Gasteiger partial charge is 0.376 e. The minimum Gasteiger partial charge on any atom is -0.376 e. The molecule has 1 rings (SSSR count). The average Bonchev–Trinajstić information content (AvgIpc) is 2.74. The van der Waals surface area contributed by atoms with Crippen molar-refractivity contribution in [1.82, 2.24) is 11.5 Å². The summed E-state index contributed by atoms with van der Waals surface area (Å²) in [7, 11) is -4.81. The lowest BCUT2D eigenvalue weighted by Crippen LogP contribution is -2.38. The van der Waals surface area contributed by atoms with E-state index in [1.807, 2.05) is 0 Å². The van der Waals surface area contributed by atoms with Crippen molar-refractivity contribution in [3.05, 3.63) is 0 Å². The predicted octanol–water partition coefficient (Wildman–Crippen LogP) is 6.77. The summed E-state index contributed by atoms with van der Waals surface area (Å²) in [4.78, 5) is 14.7. The van der Waals surface area contributed by atoms with Crippen LogP contribution in [0.25, 0.3) is 0 Å². The lowest BCUT2D eigenvalue weighted by atomic mass is 10.0. The van der Waals surface area contributed by atoms with E-state index in [1.165, 1.54) is 109 Å². The van der Waals surface area contributed by atoms with E-state index in [9.17, 15) is 4.53 Å². The van der Waals surface area contributed by atoms with Crippen molar-refractivity contribution >= 4 is 7.82 Å². The third kappa shape index (κ3) is 27.9. The Morgan fingerprint density at radius 2 is 1.26 bits per heavy atom. The molecule has 0 aromatic carbocycles. The zero-order valence-electron chi connectivity index (χ0n) is 19.9. The summed E-state index contributed by atoms with van der Waals surface area (Å²) in [6, 6.07) is 0. The Balaban J connectivity index is 0. The molecule has 6 N–H and O–H groups in total. The Morgan fingerprint density at radius 1 is 0.871 bits per heavy atom. The number of hydrogen-bond acceptors (Lipinski definition) is 5. The Kier molecular flexibility index (Phi) is 26.2. The number of nitrogens with one attached hydrogen (secondary N) is 1. The van der Waals surface area contributed by atoms with Gasteiger partial charge < -0.3 is 26.0 Å². The van der Waals surface area contributed by atoms with E-state index in [1.54, 1.807) is 0 Å². The normalized spacial score (nSPS) is 16.3. The third-order valence-corrected chi connectivity index (χ3v) is 5.65. The summed E-state index contributed by atoms with van der Waals surface area (Å²) in [5.41, 5.74) is 0. The van der Waals surface area contributed by atoms with E-state index in [0.717, 1.165) is 19.7 Å². The summed E-state index contributed by atoms with van der Waals surface area (Å²) < 4.78 is 27.2. The van der Waals surface area contributed by atoms with Crippen molar-refractivity contribution in [2.45, 2.75) is 122 Å². The number of morpholine rings is 1. The minimum atomic E-state index is -4.81. The number of hydrogen-bond donors (Lipinski definition) is 4. The molecule has 9 heteroatoms. The van der Waals surface area contributed by atoms with Crippen LogP contribution < -0.4 is 11.5 Å². The van der Waals surface area contributed by atoms with Crippen LogP contribution in [0.1, 0.15) is 116 Å². The zero-order valence-corrected chi connectivity index (χ0v) is 20.8. The van der Waals surface area contributed by atoms with Crippen molar-refractivity contribution < 1.29 is 28.3 Å². The van der Waals surface area contributed by atoms with Gasteiger partial charge in [-0.15, -0.1) is 0 Å². The molecule has 31 heavy (non-hydrogen) atoms. The van der Waals surface area contributed by atoms with Crippen molar-refractivity contribution in [2.75, 3.05) is 19.7 Å². The highest BCUT2D eigenvalue weighted by Crippen LogP contribution is 2.35. The molecule has 7 nitrogen and oxygen atoms in total. The molecule has 1 unspecified atom stereocenters. The lowest BCUT2D eigenvalue weighted by Gasteiger charge is -2.23. The van der Waals surface area contributed by atoms with Crippen molar-refractivity contribution in [1.29, 1.82) is 0 Å². The van der Waals surface area contributed by atoms with Crippen LogP contribution in [0, 0.1) is 0 Å². The maximum absolute atomic E-state index is 10.2. The monoisotopic (exact) mass is 472 g/mol. The average molecular weight is 473 g/mol. The highest BCUT2D eigenvalue weighted by atomic mass is 31.2. The van der Waals surface area contributed by atoms with Crippen LogP contribution >= 0.6 is 7.82 Å². The summed E-state index contributed by atoms with van der Waals surface area (Å²) in [6.45, 7) is 5.31. The summed E-state index contributed by atoms with van der Waals surface area (Å²) in [6.07, 6.45) is 24.9. The van der Waals surface area contributed by atoms with Gasteiger partial charge >= 0.3 is 7.82 Å². The third-order valence-electron chi connectivity index (χ3n) is 5.47. The van der Waals surface area contributed by atoms with Crippen molar-refractivity contribution in [2.24, 2.45) is 0 Å². The largest absolute Gasteiger partial charge is 0.500 e. The minimum absolute atomic E-state index is 0. The highest BCUT2D eigenvalue weighted by Gasteiger charge is 2.12. The highest BCUT2D eigenvalue weighted by molar-refractivity contribution is 7.46. The maximum Gasteiger partial charge on any atom is 0.500 e. The second-order valence-corrected chi connectivity index (χ2v) is 9.47. The molecule has 1 aliphatic heterocycles. The van der Waals surface area contributed by atoms with Gasteiger partial charge in [0.05, 0.1) is 12.7 Å². The van der Waals surface area contributed by atoms with Gasteiger partial charge in [-0.2, -0.15) is 0 Å². The summed E-state index contributed by atoms with van der Waals surface area (Å²) in [5.74, 6) is 0. The van der Waals surface area contributed by atoms with Gasteiger partial charge in [0.15, 0.2) is 0 Å². The van der Waals surface area contributed by atoms with E-state index in [2.05, 4.69) is 17.0 Å². The van der Waals surface area contributed by atoms with E-state index in [-0.39, 0.29) is 6.15 Å².